The number of unbranched alkanes of at least 4 members (excludes halogenated alkanes) is 3. The number of hydrogen-bond acceptors (Lipinski definition) is 3. The van der Waals surface area contributed by atoms with Crippen molar-refractivity contribution in [1.82, 2.24) is 5.32 Å². The summed E-state index contributed by atoms with van der Waals surface area (Å²) in [7, 11) is 0. The summed E-state index contributed by atoms with van der Waals surface area (Å²) < 4.78 is 6.10. The van der Waals surface area contributed by atoms with E-state index in [-0.39, 0.29) is 5.91 Å². The zero-order valence-electron chi connectivity index (χ0n) is 14.1. The van der Waals surface area contributed by atoms with E-state index < -0.39 is 0 Å². The topological polar surface area (TPSA) is 64.4 Å². The number of hydrogen-bond donors (Lipinski definition) is 2. The average Bonchev–Trinajstić information content (AvgIpc) is 3.07. The van der Waals surface area contributed by atoms with Gasteiger partial charge in [-0.05, 0) is 51.1 Å². The van der Waals surface area contributed by atoms with Gasteiger partial charge in [-0.3, -0.25) is 4.79 Å². The molecule has 0 aliphatic heterocycles. The van der Waals surface area contributed by atoms with Crippen LogP contribution in [0.25, 0.3) is 0 Å². The molecule has 1 aromatic carbocycles. The number of nitrogens with two attached hydrogens (primary N) is 1. The quantitative estimate of drug-likeness (QED) is 0.649. The zero-order chi connectivity index (χ0) is 16.3. The summed E-state index contributed by atoms with van der Waals surface area (Å²) in [6, 6.07) is 8.03. The van der Waals surface area contributed by atoms with Crippen LogP contribution in [-0.2, 0) is 11.3 Å². The molecule has 23 heavy (non-hydrogen) atoms. The lowest BCUT2D eigenvalue weighted by Gasteiger charge is -2.16. The van der Waals surface area contributed by atoms with Crippen LogP contribution in [0.1, 0.15) is 63.4 Å². The fourth-order valence-electron chi connectivity index (χ4n) is 3.02. The summed E-state index contributed by atoms with van der Waals surface area (Å²) in [5.41, 5.74) is 6.53. The third-order valence-corrected chi connectivity index (χ3v) is 4.40. The molecule has 0 saturated heterocycles. The molecule has 128 valence electrons. The summed E-state index contributed by atoms with van der Waals surface area (Å²) in [6.45, 7) is 1.29. The minimum absolute atomic E-state index is 0.119. The summed E-state index contributed by atoms with van der Waals surface area (Å²) in [4.78, 5) is 11.9. The summed E-state index contributed by atoms with van der Waals surface area (Å²) in [6.07, 6.45) is 9.91. The number of benzene rings is 1. The number of rotatable bonds is 10. The molecule has 0 radical (unpaired) electrons. The number of nitrogens with one attached hydrogen (secondary N) is 1. The van der Waals surface area contributed by atoms with Gasteiger partial charge in [0.1, 0.15) is 5.75 Å². The van der Waals surface area contributed by atoms with Gasteiger partial charge in [0.15, 0.2) is 0 Å². The van der Waals surface area contributed by atoms with Crippen LogP contribution in [0.3, 0.4) is 0 Å². The molecule has 3 N–H and O–H groups in total. The highest BCUT2D eigenvalue weighted by Crippen LogP contribution is 2.26. The van der Waals surface area contributed by atoms with Gasteiger partial charge in [-0.1, -0.05) is 31.0 Å². The highest BCUT2D eigenvalue weighted by atomic mass is 16.5. The number of amides is 1. The van der Waals surface area contributed by atoms with Crippen molar-refractivity contribution >= 4 is 5.91 Å². The first-order valence-corrected chi connectivity index (χ1v) is 9.01. The SMILES string of the molecule is NCCCCCCC(=O)NCc1ccccc1OC1CCCC1. The Kier molecular flexibility index (Phi) is 7.95. The maximum Gasteiger partial charge on any atom is 0.220 e. The van der Waals surface area contributed by atoms with Crippen molar-refractivity contribution < 1.29 is 9.53 Å². The molecule has 0 atom stereocenters. The molecule has 4 heteroatoms. The monoisotopic (exact) mass is 318 g/mol. The molecule has 1 fully saturated rings. The van der Waals surface area contributed by atoms with E-state index in [0.717, 1.165) is 56.4 Å². The van der Waals surface area contributed by atoms with Crippen LogP contribution in [0.5, 0.6) is 5.75 Å². The first-order chi connectivity index (χ1) is 11.3. The Morgan fingerprint density at radius 3 is 2.65 bits per heavy atom. The van der Waals surface area contributed by atoms with Gasteiger partial charge in [0.25, 0.3) is 0 Å². The summed E-state index contributed by atoms with van der Waals surface area (Å²) >= 11 is 0. The molecule has 0 aromatic heterocycles. The Morgan fingerprint density at radius 2 is 1.87 bits per heavy atom. The Morgan fingerprint density at radius 1 is 1.13 bits per heavy atom. The molecule has 1 amide bonds. The molecule has 1 aliphatic rings. The number of para-hydroxylation sites is 1. The standard InChI is InChI=1S/C19H30N2O2/c20-14-8-2-1-3-13-19(22)21-15-16-9-4-7-12-18(16)23-17-10-5-6-11-17/h4,7,9,12,17H,1-3,5-6,8,10-11,13-15,20H2,(H,21,22). The van der Waals surface area contributed by atoms with E-state index >= 15 is 0 Å². The summed E-state index contributed by atoms with van der Waals surface area (Å²) in [5.74, 6) is 1.04. The van der Waals surface area contributed by atoms with Crippen molar-refractivity contribution in [2.75, 3.05) is 6.54 Å². The second kappa shape index (κ2) is 10.3. The van der Waals surface area contributed by atoms with Gasteiger partial charge in [0, 0.05) is 18.5 Å². The number of carbonyl (C=O) groups excluding carboxylic acids is 1. The van der Waals surface area contributed by atoms with Crippen LogP contribution < -0.4 is 15.8 Å². The molecule has 0 unspecified atom stereocenters. The minimum Gasteiger partial charge on any atom is -0.490 e. The van der Waals surface area contributed by atoms with Crippen molar-refractivity contribution in [3.8, 4) is 5.75 Å². The van der Waals surface area contributed by atoms with Crippen LogP contribution >= 0.6 is 0 Å². The first kappa shape index (κ1) is 17.8. The lowest BCUT2D eigenvalue weighted by atomic mass is 10.1. The van der Waals surface area contributed by atoms with Crippen LogP contribution in [-0.4, -0.2) is 18.6 Å². The molecule has 4 nitrogen and oxygen atoms in total. The van der Waals surface area contributed by atoms with Crippen LogP contribution in [0.2, 0.25) is 0 Å². The van der Waals surface area contributed by atoms with E-state index in [1.807, 2.05) is 24.3 Å². The maximum absolute atomic E-state index is 11.9. The van der Waals surface area contributed by atoms with Gasteiger partial charge in [-0.15, -0.1) is 0 Å². The van der Waals surface area contributed by atoms with Gasteiger partial charge in [-0.2, -0.15) is 0 Å². The molecule has 1 aromatic rings. The van der Waals surface area contributed by atoms with Gasteiger partial charge >= 0.3 is 0 Å². The van der Waals surface area contributed by atoms with E-state index in [1.54, 1.807) is 0 Å². The molecular weight excluding hydrogens is 288 g/mol. The minimum atomic E-state index is 0.119. The Balaban J connectivity index is 1.73. The highest BCUT2D eigenvalue weighted by molar-refractivity contribution is 5.75. The van der Waals surface area contributed by atoms with Gasteiger partial charge in [0.05, 0.1) is 6.10 Å². The largest absolute Gasteiger partial charge is 0.490 e. The second-order valence-electron chi connectivity index (χ2n) is 6.36. The molecule has 0 heterocycles. The van der Waals surface area contributed by atoms with E-state index in [1.165, 1.54) is 12.8 Å². The lowest BCUT2D eigenvalue weighted by Crippen LogP contribution is -2.23. The Labute approximate surface area is 139 Å². The smallest absolute Gasteiger partial charge is 0.220 e. The molecular formula is C19H30N2O2. The average molecular weight is 318 g/mol. The van der Waals surface area contributed by atoms with Gasteiger partial charge < -0.3 is 15.8 Å². The number of carbonyl (C=O) groups is 1. The van der Waals surface area contributed by atoms with E-state index in [0.29, 0.717) is 19.1 Å². The van der Waals surface area contributed by atoms with Crippen LogP contribution in [0, 0.1) is 0 Å². The normalized spacial score (nSPS) is 14.8. The number of ether oxygens (including phenoxy) is 1. The predicted octanol–water partition coefficient (Wildman–Crippen LogP) is 3.53. The predicted molar refractivity (Wildman–Crippen MR) is 93.3 cm³/mol. The van der Waals surface area contributed by atoms with E-state index in [4.69, 9.17) is 10.5 Å². The second-order valence-corrected chi connectivity index (χ2v) is 6.36. The molecule has 0 bridgehead atoms. The van der Waals surface area contributed by atoms with E-state index in [2.05, 4.69) is 5.32 Å². The third kappa shape index (κ3) is 6.61. The molecule has 2 rings (SSSR count). The third-order valence-electron chi connectivity index (χ3n) is 4.40. The van der Waals surface area contributed by atoms with Crippen molar-refractivity contribution in [3.05, 3.63) is 29.8 Å². The zero-order valence-corrected chi connectivity index (χ0v) is 14.1. The Bertz CT molecular complexity index is 470. The van der Waals surface area contributed by atoms with Crippen molar-refractivity contribution in [3.63, 3.8) is 0 Å². The molecule has 1 aliphatic carbocycles. The van der Waals surface area contributed by atoms with Crippen LogP contribution in [0.4, 0.5) is 0 Å². The fourth-order valence-corrected chi connectivity index (χ4v) is 3.02. The maximum atomic E-state index is 11.9. The molecule has 0 spiro atoms. The first-order valence-electron chi connectivity index (χ1n) is 9.01. The van der Waals surface area contributed by atoms with Crippen LogP contribution in [0.15, 0.2) is 24.3 Å². The van der Waals surface area contributed by atoms with Crippen molar-refractivity contribution in [1.29, 1.82) is 0 Å². The Hall–Kier alpha value is -1.55. The van der Waals surface area contributed by atoms with Gasteiger partial charge in [0.2, 0.25) is 5.91 Å². The van der Waals surface area contributed by atoms with Gasteiger partial charge in [-0.25, -0.2) is 0 Å². The highest BCUT2D eigenvalue weighted by Gasteiger charge is 2.17. The summed E-state index contributed by atoms with van der Waals surface area (Å²) in [5, 5.41) is 3.01. The molecule has 1 saturated carbocycles. The lowest BCUT2D eigenvalue weighted by molar-refractivity contribution is -0.121. The van der Waals surface area contributed by atoms with Crippen molar-refractivity contribution in [2.45, 2.75) is 70.4 Å². The van der Waals surface area contributed by atoms with Crippen molar-refractivity contribution in [2.24, 2.45) is 5.73 Å². The fraction of sp³-hybridized carbons (Fsp3) is 0.632. The van der Waals surface area contributed by atoms with E-state index in [9.17, 15) is 4.79 Å².